The fraction of sp³-hybridized carbons (Fsp3) is 0.176. The lowest BCUT2D eigenvalue weighted by Gasteiger charge is -2.40. The van der Waals surface area contributed by atoms with E-state index in [-0.39, 0.29) is 46.8 Å². The van der Waals surface area contributed by atoms with Gasteiger partial charge in [0.05, 0.1) is 16.4 Å². The van der Waals surface area contributed by atoms with Gasteiger partial charge in [-0.3, -0.25) is 24.2 Å². The molecule has 0 aromatic carbocycles. The van der Waals surface area contributed by atoms with E-state index >= 15 is 0 Å². The molecule has 1 N–H and O–H groups in total. The maximum absolute atomic E-state index is 14.9. The number of fused-ring (bicyclic) bond motifs is 1. The molecular weight excluding hydrogens is 447 g/mol. The maximum atomic E-state index is 14.9. The van der Waals surface area contributed by atoms with E-state index in [1.54, 1.807) is 4.90 Å². The number of carboxylic acids is 1. The van der Waals surface area contributed by atoms with Crippen LogP contribution in [0.4, 0.5) is 15.9 Å². The summed E-state index contributed by atoms with van der Waals surface area (Å²) in [6.45, 7) is 0.565. The average molecular weight is 458 g/mol. The number of hydrogen-bond donors (Lipinski definition) is 1. The Labute approximate surface area is 180 Å². The molecule has 4 aromatic heterocycles. The predicted octanol–water partition coefficient (Wildman–Crippen LogP) is 1.24. The van der Waals surface area contributed by atoms with Gasteiger partial charge in [-0.05, 0) is 6.07 Å². The molecule has 1 aliphatic rings. The molecule has 4 aromatic rings. The topological polar surface area (TPSA) is 162 Å². The monoisotopic (exact) mass is 458 g/mol. The second-order valence-corrected chi connectivity index (χ2v) is 7.69. The zero-order valence-corrected chi connectivity index (χ0v) is 16.6. The second-order valence-electron chi connectivity index (χ2n) is 6.93. The predicted molar refractivity (Wildman–Crippen MR) is 108 cm³/mol. The first kappa shape index (κ1) is 19.7. The van der Waals surface area contributed by atoms with E-state index < -0.39 is 27.7 Å². The van der Waals surface area contributed by atoms with E-state index in [9.17, 15) is 29.2 Å². The van der Waals surface area contributed by atoms with Crippen molar-refractivity contribution in [3.63, 3.8) is 0 Å². The summed E-state index contributed by atoms with van der Waals surface area (Å²) < 4.78 is 21.5. The van der Waals surface area contributed by atoms with Crippen LogP contribution in [-0.4, -0.2) is 57.8 Å². The number of halogens is 1. The van der Waals surface area contributed by atoms with Crippen molar-refractivity contribution in [2.75, 3.05) is 18.0 Å². The second kappa shape index (κ2) is 7.16. The molecule has 1 aliphatic heterocycles. The van der Waals surface area contributed by atoms with E-state index in [1.807, 2.05) is 0 Å². The van der Waals surface area contributed by atoms with Crippen LogP contribution < -0.4 is 10.3 Å². The fourth-order valence-corrected chi connectivity index (χ4v) is 3.94. The first-order valence-corrected chi connectivity index (χ1v) is 9.80. The minimum atomic E-state index is -1.46. The van der Waals surface area contributed by atoms with E-state index in [2.05, 4.69) is 19.4 Å². The Bertz CT molecular complexity index is 1440. The van der Waals surface area contributed by atoms with Gasteiger partial charge < -0.3 is 10.0 Å². The molecule has 5 heterocycles. The molecule has 5 rings (SSSR count). The molecule has 32 heavy (non-hydrogen) atoms. The van der Waals surface area contributed by atoms with Crippen LogP contribution in [0.5, 0.6) is 0 Å². The first-order valence-electron chi connectivity index (χ1n) is 9.03. The van der Waals surface area contributed by atoms with Gasteiger partial charge in [0.1, 0.15) is 24.3 Å². The van der Waals surface area contributed by atoms with Crippen LogP contribution in [-0.2, 0) is 0 Å². The Morgan fingerprint density at radius 2 is 2.12 bits per heavy atom. The van der Waals surface area contributed by atoms with Crippen molar-refractivity contribution in [3.8, 4) is 5.13 Å². The average Bonchev–Trinajstić information content (AvgIpc) is 3.40. The molecule has 0 atom stereocenters. The van der Waals surface area contributed by atoms with Crippen molar-refractivity contribution in [1.29, 1.82) is 0 Å². The Balaban J connectivity index is 1.55. The largest absolute Gasteiger partial charge is 0.477 e. The lowest BCUT2D eigenvalue weighted by molar-refractivity contribution is -0.385. The van der Waals surface area contributed by atoms with Crippen LogP contribution in [0.1, 0.15) is 16.4 Å². The quantitative estimate of drug-likeness (QED) is 0.340. The van der Waals surface area contributed by atoms with Crippen LogP contribution in [0, 0.1) is 15.9 Å². The van der Waals surface area contributed by atoms with Crippen LogP contribution in [0.3, 0.4) is 0 Å². The summed E-state index contributed by atoms with van der Waals surface area (Å²) >= 11 is 0.951. The molecule has 0 saturated carbocycles. The van der Waals surface area contributed by atoms with Crippen molar-refractivity contribution in [1.82, 2.24) is 28.7 Å². The smallest absolute Gasteiger partial charge is 0.341 e. The minimum absolute atomic E-state index is 0.0336. The number of aromatic nitrogens is 6. The Kier molecular flexibility index (Phi) is 4.40. The zero-order valence-electron chi connectivity index (χ0n) is 15.8. The van der Waals surface area contributed by atoms with Crippen molar-refractivity contribution < 1.29 is 19.2 Å². The summed E-state index contributed by atoms with van der Waals surface area (Å²) in [5.41, 5.74) is -1.53. The molecule has 0 unspecified atom stereocenters. The molecule has 0 spiro atoms. The molecule has 15 heteroatoms. The highest BCUT2D eigenvalue weighted by Gasteiger charge is 2.33. The molecule has 0 aliphatic carbocycles. The lowest BCUT2D eigenvalue weighted by atomic mass is 10.1. The summed E-state index contributed by atoms with van der Waals surface area (Å²) in [4.78, 5) is 44.3. The molecule has 0 bridgehead atoms. The van der Waals surface area contributed by atoms with Gasteiger partial charge in [0.25, 0.3) is 0 Å². The number of nitro groups is 1. The van der Waals surface area contributed by atoms with E-state index in [1.165, 1.54) is 21.8 Å². The number of carbonyl (C=O) groups is 1. The number of anilines is 1. The summed E-state index contributed by atoms with van der Waals surface area (Å²) in [5, 5.41) is 24.2. The normalized spacial score (nSPS) is 14.0. The molecule has 0 radical (unpaired) electrons. The highest BCUT2D eigenvalue weighted by molar-refractivity contribution is 7.08. The van der Waals surface area contributed by atoms with E-state index in [0.717, 1.165) is 30.0 Å². The zero-order chi connectivity index (χ0) is 22.6. The standard InChI is InChI=1S/C17H11FN8O5S/c18-12-1-10-13(27)11(16(28)29)6-24(17-19-7-21-32-17)14(10)22-15(12)23-3-9(4-23)25-5-8(2-20-25)26(30)31/h1-2,5-7,9H,3-4H2,(H,28,29). The number of pyridine rings is 2. The summed E-state index contributed by atoms with van der Waals surface area (Å²) in [7, 11) is 0. The van der Waals surface area contributed by atoms with E-state index in [0.29, 0.717) is 0 Å². The van der Waals surface area contributed by atoms with Crippen LogP contribution >= 0.6 is 11.5 Å². The van der Waals surface area contributed by atoms with Gasteiger partial charge in [0.15, 0.2) is 17.3 Å². The molecule has 162 valence electrons. The molecule has 13 nitrogen and oxygen atoms in total. The number of hydrogen-bond acceptors (Lipinski definition) is 10. The Hall–Kier alpha value is -4.27. The third kappa shape index (κ3) is 3.06. The lowest BCUT2D eigenvalue weighted by Crippen LogP contribution is -2.48. The van der Waals surface area contributed by atoms with Gasteiger partial charge in [-0.25, -0.2) is 19.2 Å². The number of carboxylic acid groups (broad SMARTS) is 1. The molecule has 1 fully saturated rings. The number of aromatic carboxylic acids is 1. The van der Waals surface area contributed by atoms with Crippen LogP contribution in [0.15, 0.2) is 35.8 Å². The summed E-state index contributed by atoms with van der Waals surface area (Å²) in [5.74, 6) is -2.31. The summed E-state index contributed by atoms with van der Waals surface area (Å²) in [6, 6.07) is 0.733. The van der Waals surface area contributed by atoms with Gasteiger partial charge in [-0.15, -0.1) is 0 Å². The number of rotatable bonds is 5. The van der Waals surface area contributed by atoms with E-state index in [4.69, 9.17) is 0 Å². The highest BCUT2D eigenvalue weighted by Crippen LogP contribution is 2.31. The van der Waals surface area contributed by atoms with Gasteiger partial charge in [-0.1, -0.05) is 0 Å². The maximum Gasteiger partial charge on any atom is 0.341 e. The first-order chi connectivity index (χ1) is 15.3. The SMILES string of the molecule is O=C(O)c1cn(-c2ncns2)c2nc(N3CC(n4cc([N+](=O)[O-])cn4)C3)c(F)cc2c1=O. The highest BCUT2D eigenvalue weighted by atomic mass is 32.1. The van der Waals surface area contributed by atoms with Crippen molar-refractivity contribution in [2.24, 2.45) is 0 Å². The van der Waals surface area contributed by atoms with Crippen molar-refractivity contribution >= 4 is 40.0 Å². The third-order valence-electron chi connectivity index (χ3n) is 5.03. The number of nitrogens with zero attached hydrogens (tertiary/aromatic N) is 8. The fourth-order valence-electron chi connectivity index (χ4n) is 3.43. The molecule has 0 amide bonds. The van der Waals surface area contributed by atoms with Gasteiger partial charge in [-0.2, -0.15) is 9.47 Å². The van der Waals surface area contributed by atoms with Crippen molar-refractivity contribution in [2.45, 2.75) is 6.04 Å². The minimum Gasteiger partial charge on any atom is -0.477 e. The molecular formula is C17H11FN8O5S. The Morgan fingerprint density at radius 1 is 1.34 bits per heavy atom. The van der Waals surface area contributed by atoms with Gasteiger partial charge >= 0.3 is 11.7 Å². The third-order valence-corrected chi connectivity index (χ3v) is 5.70. The van der Waals surface area contributed by atoms with Crippen molar-refractivity contribution in [3.05, 3.63) is 62.7 Å². The summed E-state index contributed by atoms with van der Waals surface area (Å²) in [6.07, 6.45) is 4.78. The Morgan fingerprint density at radius 3 is 2.75 bits per heavy atom. The van der Waals surface area contributed by atoms with Gasteiger partial charge in [0, 0.05) is 30.8 Å². The van der Waals surface area contributed by atoms with Gasteiger partial charge in [0.2, 0.25) is 10.6 Å². The van der Waals surface area contributed by atoms with Crippen LogP contribution in [0.2, 0.25) is 0 Å². The van der Waals surface area contributed by atoms with Crippen LogP contribution in [0.25, 0.3) is 16.2 Å². The molecule has 1 saturated heterocycles.